The zero-order valence-corrected chi connectivity index (χ0v) is 10.3. The van der Waals surface area contributed by atoms with Crippen molar-refractivity contribution in [2.75, 3.05) is 13.1 Å². The lowest BCUT2D eigenvalue weighted by Gasteiger charge is -2.44. The van der Waals surface area contributed by atoms with Crippen molar-refractivity contribution in [1.29, 1.82) is 5.26 Å². The Hall–Kier alpha value is -0.590. The van der Waals surface area contributed by atoms with Gasteiger partial charge in [0.1, 0.15) is 0 Å². The standard InChI is InChI=1S/C13H23N3/c1-11-9-15-12(7-8-14)10-16(11)13-5-3-2-4-6-13/h11-13,15H,2-7,9-10H2,1H3. The van der Waals surface area contributed by atoms with Crippen molar-refractivity contribution in [3.05, 3.63) is 0 Å². The molecule has 3 nitrogen and oxygen atoms in total. The van der Waals surface area contributed by atoms with Crippen LogP contribution >= 0.6 is 0 Å². The minimum atomic E-state index is 0.392. The highest BCUT2D eigenvalue weighted by Crippen LogP contribution is 2.25. The van der Waals surface area contributed by atoms with Gasteiger partial charge in [0.2, 0.25) is 0 Å². The first kappa shape index (κ1) is 11.9. The Morgan fingerprint density at radius 3 is 2.75 bits per heavy atom. The van der Waals surface area contributed by atoms with Gasteiger partial charge in [-0.2, -0.15) is 5.26 Å². The highest BCUT2D eigenvalue weighted by Gasteiger charge is 2.30. The van der Waals surface area contributed by atoms with Gasteiger partial charge in [0.05, 0.1) is 12.5 Å². The lowest BCUT2D eigenvalue weighted by Crippen LogP contribution is -2.58. The van der Waals surface area contributed by atoms with Crippen LogP contribution in [0.1, 0.15) is 45.4 Å². The number of rotatable bonds is 2. The fourth-order valence-electron chi connectivity index (χ4n) is 3.12. The smallest absolute Gasteiger partial charge is 0.0638 e. The van der Waals surface area contributed by atoms with Crippen LogP contribution < -0.4 is 5.32 Å². The van der Waals surface area contributed by atoms with Gasteiger partial charge >= 0.3 is 0 Å². The van der Waals surface area contributed by atoms with Gasteiger partial charge < -0.3 is 5.32 Å². The molecule has 1 heterocycles. The summed E-state index contributed by atoms with van der Waals surface area (Å²) in [5.41, 5.74) is 0. The minimum Gasteiger partial charge on any atom is -0.310 e. The van der Waals surface area contributed by atoms with Crippen molar-refractivity contribution >= 4 is 0 Å². The molecule has 3 heteroatoms. The Morgan fingerprint density at radius 2 is 2.06 bits per heavy atom. The largest absolute Gasteiger partial charge is 0.310 e. The van der Waals surface area contributed by atoms with Crippen LogP contribution in [0.3, 0.4) is 0 Å². The molecule has 0 aromatic rings. The van der Waals surface area contributed by atoms with Gasteiger partial charge in [-0.15, -0.1) is 0 Å². The molecule has 0 bridgehead atoms. The Morgan fingerprint density at radius 1 is 1.31 bits per heavy atom. The quantitative estimate of drug-likeness (QED) is 0.774. The summed E-state index contributed by atoms with van der Waals surface area (Å²) in [6.07, 6.45) is 7.58. The molecular weight excluding hydrogens is 198 g/mol. The summed E-state index contributed by atoms with van der Waals surface area (Å²) in [6.45, 7) is 4.42. The average Bonchev–Trinajstić information content (AvgIpc) is 2.33. The summed E-state index contributed by atoms with van der Waals surface area (Å²) in [6, 6.07) is 4.10. The predicted molar refractivity (Wildman–Crippen MR) is 65.1 cm³/mol. The summed E-state index contributed by atoms with van der Waals surface area (Å²) in [4.78, 5) is 2.65. The van der Waals surface area contributed by atoms with E-state index in [1.807, 2.05) is 0 Å². The molecule has 0 radical (unpaired) electrons. The highest BCUT2D eigenvalue weighted by atomic mass is 15.2. The van der Waals surface area contributed by atoms with E-state index < -0.39 is 0 Å². The second-order valence-electron chi connectivity index (χ2n) is 5.31. The highest BCUT2D eigenvalue weighted by molar-refractivity contribution is 4.92. The van der Waals surface area contributed by atoms with Gasteiger partial charge in [-0.3, -0.25) is 4.90 Å². The van der Waals surface area contributed by atoms with Crippen LogP contribution in [0.4, 0.5) is 0 Å². The van der Waals surface area contributed by atoms with Gasteiger partial charge in [0.15, 0.2) is 0 Å². The summed E-state index contributed by atoms with van der Waals surface area (Å²) >= 11 is 0. The fraction of sp³-hybridized carbons (Fsp3) is 0.923. The first-order chi connectivity index (χ1) is 7.81. The second-order valence-corrected chi connectivity index (χ2v) is 5.31. The second kappa shape index (κ2) is 5.65. The van der Waals surface area contributed by atoms with E-state index in [-0.39, 0.29) is 0 Å². The Kier molecular flexibility index (Phi) is 4.20. The normalized spacial score (nSPS) is 33.5. The van der Waals surface area contributed by atoms with Crippen molar-refractivity contribution in [3.63, 3.8) is 0 Å². The van der Waals surface area contributed by atoms with E-state index in [0.29, 0.717) is 18.5 Å². The Labute approximate surface area is 98.8 Å². The third-order valence-corrected chi connectivity index (χ3v) is 4.08. The molecule has 1 saturated heterocycles. The Bertz CT molecular complexity index is 252. The van der Waals surface area contributed by atoms with Crippen molar-refractivity contribution in [2.24, 2.45) is 0 Å². The molecule has 2 rings (SSSR count). The lowest BCUT2D eigenvalue weighted by molar-refractivity contribution is 0.0710. The summed E-state index contributed by atoms with van der Waals surface area (Å²) in [5.74, 6) is 0. The first-order valence-electron chi connectivity index (χ1n) is 6.67. The SMILES string of the molecule is CC1CNC(CC#N)CN1C1CCCCC1. The zero-order valence-electron chi connectivity index (χ0n) is 10.3. The molecule has 90 valence electrons. The molecule has 1 aliphatic heterocycles. The summed E-state index contributed by atoms with van der Waals surface area (Å²) in [5, 5.41) is 12.2. The van der Waals surface area contributed by atoms with Gasteiger partial charge in [0, 0.05) is 31.2 Å². The third-order valence-electron chi connectivity index (χ3n) is 4.08. The molecular formula is C13H23N3. The number of nitrogens with zero attached hydrogens (tertiary/aromatic N) is 2. The van der Waals surface area contributed by atoms with Crippen molar-refractivity contribution in [2.45, 2.75) is 63.6 Å². The van der Waals surface area contributed by atoms with Gasteiger partial charge in [-0.25, -0.2) is 0 Å². The molecule has 1 N–H and O–H groups in total. The van der Waals surface area contributed by atoms with Crippen molar-refractivity contribution in [3.8, 4) is 6.07 Å². The van der Waals surface area contributed by atoms with Crippen LogP contribution in [0.5, 0.6) is 0 Å². The molecule has 2 fully saturated rings. The minimum absolute atomic E-state index is 0.392. The van der Waals surface area contributed by atoms with E-state index in [2.05, 4.69) is 23.2 Å². The van der Waals surface area contributed by atoms with Gasteiger partial charge in [-0.05, 0) is 19.8 Å². The summed E-state index contributed by atoms with van der Waals surface area (Å²) < 4.78 is 0. The number of hydrogen-bond donors (Lipinski definition) is 1. The fourth-order valence-corrected chi connectivity index (χ4v) is 3.12. The number of nitrogens with one attached hydrogen (secondary N) is 1. The molecule has 0 spiro atoms. The van der Waals surface area contributed by atoms with E-state index in [9.17, 15) is 0 Å². The van der Waals surface area contributed by atoms with Crippen LogP contribution in [0.25, 0.3) is 0 Å². The molecule has 1 aliphatic carbocycles. The maximum absolute atomic E-state index is 8.77. The maximum atomic E-state index is 8.77. The molecule has 16 heavy (non-hydrogen) atoms. The molecule has 2 aliphatic rings. The maximum Gasteiger partial charge on any atom is 0.0638 e. The number of nitriles is 1. The molecule has 0 aromatic carbocycles. The monoisotopic (exact) mass is 221 g/mol. The Balaban J connectivity index is 1.92. The van der Waals surface area contributed by atoms with Crippen LogP contribution in [0, 0.1) is 11.3 Å². The summed E-state index contributed by atoms with van der Waals surface area (Å²) in [7, 11) is 0. The van der Waals surface area contributed by atoms with Gasteiger partial charge in [0.25, 0.3) is 0 Å². The van der Waals surface area contributed by atoms with E-state index in [1.54, 1.807) is 0 Å². The molecule has 0 amide bonds. The predicted octanol–water partition coefficient (Wildman–Crippen LogP) is 1.90. The van der Waals surface area contributed by atoms with Crippen LogP contribution in [-0.4, -0.2) is 36.1 Å². The van der Waals surface area contributed by atoms with E-state index in [1.165, 1.54) is 32.1 Å². The van der Waals surface area contributed by atoms with E-state index in [0.717, 1.165) is 19.1 Å². The molecule has 2 unspecified atom stereocenters. The van der Waals surface area contributed by atoms with Crippen LogP contribution in [-0.2, 0) is 0 Å². The average molecular weight is 221 g/mol. The third kappa shape index (κ3) is 2.75. The van der Waals surface area contributed by atoms with E-state index >= 15 is 0 Å². The zero-order chi connectivity index (χ0) is 11.4. The van der Waals surface area contributed by atoms with E-state index in [4.69, 9.17) is 5.26 Å². The van der Waals surface area contributed by atoms with Crippen molar-refractivity contribution < 1.29 is 0 Å². The van der Waals surface area contributed by atoms with Crippen LogP contribution in [0.15, 0.2) is 0 Å². The first-order valence-corrected chi connectivity index (χ1v) is 6.67. The van der Waals surface area contributed by atoms with Gasteiger partial charge in [-0.1, -0.05) is 19.3 Å². The molecule has 0 aromatic heterocycles. The van der Waals surface area contributed by atoms with Crippen molar-refractivity contribution in [1.82, 2.24) is 10.2 Å². The van der Waals surface area contributed by atoms with Crippen LogP contribution in [0.2, 0.25) is 0 Å². The number of piperazine rings is 1. The topological polar surface area (TPSA) is 39.1 Å². The number of hydrogen-bond acceptors (Lipinski definition) is 3. The molecule has 1 saturated carbocycles. The molecule has 2 atom stereocenters. The lowest BCUT2D eigenvalue weighted by atomic mass is 9.92.